The van der Waals surface area contributed by atoms with Gasteiger partial charge < -0.3 is 14.8 Å². The van der Waals surface area contributed by atoms with E-state index in [9.17, 15) is 14.7 Å². The number of carboxylic acid groups (broad SMARTS) is 1. The number of rotatable bonds is 3. The quantitative estimate of drug-likeness (QED) is 0.818. The molecule has 0 spiro atoms. The molecule has 1 aromatic rings. The summed E-state index contributed by atoms with van der Waals surface area (Å²) in [6, 6.07) is 7.61. The summed E-state index contributed by atoms with van der Waals surface area (Å²) in [5.74, 6) is -1.94. The predicted octanol–water partition coefficient (Wildman–Crippen LogP) is 0.547. The minimum Gasteiger partial charge on any atom is -0.550 e. The molecule has 1 saturated heterocycles. The maximum atomic E-state index is 11.6. The van der Waals surface area contributed by atoms with Crippen LogP contribution in [0, 0.1) is 5.92 Å². The smallest absolute Gasteiger partial charge is 0.223 e. The van der Waals surface area contributed by atoms with E-state index < -0.39 is 11.9 Å². The number of hydrogen-bond acceptors (Lipinski definition) is 3. The Labute approximate surface area is 107 Å². The van der Waals surface area contributed by atoms with Gasteiger partial charge in [0.1, 0.15) is 0 Å². The molecule has 1 fully saturated rings. The maximum absolute atomic E-state index is 11.6. The molecule has 1 aliphatic heterocycles. The molecule has 5 heteroatoms. The standard InChI is InChI=1S/C12H12BrNO3/c13-10-3-1-2-8(4-10)6-14-7-9(12(16)17)5-11(14)15/h1-4,9H,5-7H2,(H,16,17)/p-1/t9-/m1/s1. The SMILES string of the molecule is O=C([O-])[C@@H]1CC(=O)N(Cc2cccc(Br)c2)C1. The lowest BCUT2D eigenvalue weighted by atomic mass is 10.1. The largest absolute Gasteiger partial charge is 0.550 e. The van der Waals surface area contributed by atoms with Gasteiger partial charge in [0.2, 0.25) is 5.91 Å². The van der Waals surface area contributed by atoms with Crippen molar-refractivity contribution in [2.45, 2.75) is 13.0 Å². The molecular formula is C12H11BrNO3-. The number of carboxylic acids is 1. The van der Waals surface area contributed by atoms with Crippen LogP contribution in [0.25, 0.3) is 0 Å². The molecule has 4 nitrogen and oxygen atoms in total. The molecule has 1 atom stereocenters. The van der Waals surface area contributed by atoms with Crippen molar-refractivity contribution in [1.29, 1.82) is 0 Å². The number of amides is 1. The van der Waals surface area contributed by atoms with Gasteiger partial charge in [0.05, 0.1) is 0 Å². The molecule has 17 heavy (non-hydrogen) atoms. The van der Waals surface area contributed by atoms with Crippen LogP contribution in [-0.2, 0) is 16.1 Å². The predicted molar refractivity (Wildman–Crippen MR) is 62.7 cm³/mol. The van der Waals surface area contributed by atoms with Gasteiger partial charge in [-0.1, -0.05) is 28.1 Å². The molecule has 1 aromatic carbocycles. The van der Waals surface area contributed by atoms with Gasteiger partial charge in [-0.2, -0.15) is 0 Å². The summed E-state index contributed by atoms with van der Waals surface area (Å²) in [5.41, 5.74) is 0.978. The van der Waals surface area contributed by atoms with Crippen LogP contribution in [0.5, 0.6) is 0 Å². The van der Waals surface area contributed by atoms with Crippen molar-refractivity contribution in [3.8, 4) is 0 Å². The molecule has 0 N–H and O–H groups in total. The average Bonchev–Trinajstić information content (AvgIpc) is 2.61. The summed E-state index contributed by atoms with van der Waals surface area (Å²) in [7, 11) is 0. The average molecular weight is 297 g/mol. The lowest BCUT2D eigenvalue weighted by molar-refractivity contribution is -0.311. The summed E-state index contributed by atoms with van der Waals surface area (Å²) < 4.78 is 0.943. The van der Waals surface area contributed by atoms with E-state index >= 15 is 0 Å². The molecule has 1 heterocycles. The number of nitrogens with zero attached hydrogens (tertiary/aromatic N) is 1. The zero-order valence-corrected chi connectivity index (χ0v) is 10.6. The molecule has 1 aliphatic rings. The third-order valence-electron chi connectivity index (χ3n) is 2.81. The third kappa shape index (κ3) is 2.85. The minimum absolute atomic E-state index is 0.0519. The molecule has 0 radical (unpaired) electrons. The fourth-order valence-corrected chi connectivity index (χ4v) is 2.39. The van der Waals surface area contributed by atoms with Gasteiger partial charge in [-0.25, -0.2) is 0 Å². The van der Waals surface area contributed by atoms with Crippen molar-refractivity contribution < 1.29 is 14.7 Å². The topological polar surface area (TPSA) is 60.4 Å². The zero-order chi connectivity index (χ0) is 12.4. The number of likely N-dealkylation sites (tertiary alicyclic amines) is 1. The molecule has 0 aromatic heterocycles. The van der Waals surface area contributed by atoms with Crippen LogP contribution in [-0.4, -0.2) is 23.3 Å². The van der Waals surface area contributed by atoms with Gasteiger partial charge >= 0.3 is 0 Å². The van der Waals surface area contributed by atoms with Crippen LogP contribution in [0.15, 0.2) is 28.7 Å². The van der Waals surface area contributed by atoms with E-state index in [1.54, 1.807) is 4.90 Å². The Hall–Kier alpha value is -1.36. The molecule has 0 bridgehead atoms. The highest BCUT2D eigenvalue weighted by atomic mass is 79.9. The summed E-state index contributed by atoms with van der Waals surface area (Å²) in [4.78, 5) is 23.9. The van der Waals surface area contributed by atoms with Crippen molar-refractivity contribution in [1.82, 2.24) is 4.90 Å². The number of aliphatic carboxylic acids is 1. The first-order chi connectivity index (χ1) is 8.06. The fraction of sp³-hybridized carbons (Fsp3) is 0.333. The number of hydrogen-bond donors (Lipinski definition) is 0. The van der Waals surface area contributed by atoms with Crippen molar-refractivity contribution in [3.63, 3.8) is 0 Å². The molecule has 90 valence electrons. The van der Waals surface area contributed by atoms with Crippen LogP contribution in [0.1, 0.15) is 12.0 Å². The first-order valence-electron chi connectivity index (χ1n) is 5.29. The molecule has 2 rings (SSSR count). The fourth-order valence-electron chi connectivity index (χ4n) is 1.94. The van der Waals surface area contributed by atoms with Gasteiger partial charge in [0, 0.05) is 35.9 Å². The normalized spacial score (nSPS) is 19.7. The second-order valence-electron chi connectivity index (χ2n) is 4.12. The molecular weight excluding hydrogens is 286 g/mol. The Kier molecular flexibility index (Phi) is 3.47. The first-order valence-corrected chi connectivity index (χ1v) is 6.08. The first kappa shape index (κ1) is 12.1. The van der Waals surface area contributed by atoms with Gasteiger partial charge in [0.25, 0.3) is 0 Å². The highest BCUT2D eigenvalue weighted by Crippen LogP contribution is 2.21. The van der Waals surface area contributed by atoms with Crippen LogP contribution in [0.2, 0.25) is 0 Å². The van der Waals surface area contributed by atoms with E-state index in [-0.39, 0.29) is 18.9 Å². The monoisotopic (exact) mass is 296 g/mol. The lowest BCUT2D eigenvalue weighted by Gasteiger charge is -2.17. The third-order valence-corrected chi connectivity index (χ3v) is 3.30. The van der Waals surface area contributed by atoms with E-state index in [1.165, 1.54) is 0 Å². The van der Waals surface area contributed by atoms with Gasteiger partial charge in [-0.3, -0.25) is 4.79 Å². The van der Waals surface area contributed by atoms with Crippen LogP contribution in [0.3, 0.4) is 0 Å². The Bertz CT molecular complexity index is 461. The van der Waals surface area contributed by atoms with E-state index in [1.807, 2.05) is 24.3 Å². The van der Waals surface area contributed by atoms with E-state index in [0.717, 1.165) is 10.0 Å². The van der Waals surface area contributed by atoms with Crippen molar-refractivity contribution in [2.24, 2.45) is 5.92 Å². The molecule has 0 unspecified atom stereocenters. The van der Waals surface area contributed by atoms with E-state index in [4.69, 9.17) is 0 Å². The minimum atomic E-state index is -1.14. The highest BCUT2D eigenvalue weighted by Gasteiger charge is 2.30. The van der Waals surface area contributed by atoms with Gasteiger partial charge in [0.15, 0.2) is 0 Å². The Morgan fingerprint density at radius 2 is 2.29 bits per heavy atom. The molecule has 0 saturated carbocycles. The van der Waals surface area contributed by atoms with Gasteiger partial charge in [-0.15, -0.1) is 0 Å². The lowest BCUT2D eigenvalue weighted by Crippen LogP contribution is -2.33. The van der Waals surface area contributed by atoms with E-state index in [0.29, 0.717) is 6.54 Å². The second kappa shape index (κ2) is 4.87. The number of carbonyl (C=O) groups is 2. The summed E-state index contributed by atoms with van der Waals surface area (Å²) >= 11 is 3.35. The second-order valence-corrected chi connectivity index (χ2v) is 5.04. The highest BCUT2D eigenvalue weighted by molar-refractivity contribution is 9.10. The Morgan fingerprint density at radius 3 is 2.88 bits per heavy atom. The zero-order valence-electron chi connectivity index (χ0n) is 9.06. The summed E-state index contributed by atoms with van der Waals surface area (Å²) in [5, 5.41) is 10.7. The molecule has 1 amide bonds. The summed E-state index contributed by atoms with van der Waals surface area (Å²) in [6.07, 6.45) is 0.0519. The van der Waals surface area contributed by atoms with Crippen molar-refractivity contribution in [3.05, 3.63) is 34.3 Å². The van der Waals surface area contributed by atoms with Crippen LogP contribution >= 0.6 is 15.9 Å². The number of benzene rings is 1. The van der Waals surface area contributed by atoms with Crippen molar-refractivity contribution >= 4 is 27.8 Å². The van der Waals surface area contributed by atoms with Crippen LogP contribution < -0.4 is 5.11 Å². The van der Waals surface area contributed by atoms with Crippen molar-refractivity contribution in [2.75, 3.05) is 6.54 Å². The Balaban J connectivity index is 2.05. The maximum Gasteiger partial charge on any atom is 0.223 e. The summed E-state index contributed by atoms with van der Waals surface area (Å²) in [6.45, 7) is 0.690. The van der Waals surface area contributed by atoms with Crippen LogP contribution in [0.4, 0.5) is 0 Å². The number of carbonyl (C=O) groups excluding carboxylic acids is 2. The van der Waals surface area contributed by atoms with E-state index in [2.05, 4.69) is 15.9 Å². The Morgan fingerprint density at radius 1 is 1.53 bits per heavy atom. The number of halogens is 1. The van der Waals surface area contributed by atoms with Gasteiger partial charge in [-0.05, 0) is 17.7 Å². The molecule has 0 aliphatic carbocycles.